The molecule has 40 heavy (non-hydrogen) atoms. The summed E-state index contributed by atoms with van der Waals surface area (Å²) in [6.45, 7) is 4.31. The molecule has 0 radical (unpaired) electrons. The molecule has 3 aromatic heterocycles. The maximum Gasteiger partial charge on any atom is 0.338 e. The van der Waals surface area contributed by atoms with Crippen LogP contribution in [0.2, 0.25) is 0 Å². The first-order chi connectivity index (χ1) is 19.5. The highest BCUT2D eigenvalue weighted by Gasteiger charge is 2.33. The first-order valence-corrected chi connectivity index (χ1v) is 14.5. The van der Waals surface area contributed by atoms with E-state index in [9.17, 15) is 14.9 Å². The van der Waals surface area contributed by atoms with Gasteiger partial charge < -0.3 is 9.30 Å². The minimum atomic E-state index is -0.596. The Kier molecular flexibility index (Phi) is 6.80. The minimum absolute atomic E-state index is 0.205. The quantitative estimate of drug-likeness (QED) is 0.279. The topological polar surface area (TPSA) is 89.4 Å². The molecular formula is C31H24N4O3S2. The van der Waals surface area contributed by atoms with Gasteiger partial charge in [0.15, 0.2) is 4.80 Å². The SMILES string of the molecule is CCOC(=O)C1=C(C)N=c2s/c(=C/c3cn(Cc4ccccc4C#N)c4ccccc34)c(=O)n2[C@H]1c1cccs1. The maximum atomic E-state index is 13.9. The Balaban J connectivity index is 1.51. The Morgan fingerprint density at radius 2 is 1.95 bits per heavy atom. The Morgan fingerprint density at radius 3 is 2.73 bits per heavy atom. The van der Waals surface area contributed by atoms with Crippen molar-refractivity contribution in [3.63, 3.8) is 0 Å². The highest BCUT2D eigenvalue weighted by molar-refractivity contribution is 7.10. The highest BCUT2D eigenvalue weighted by atomic mass is 32.1. The molecule has 1 aliphatic heterocycles. The number of carbonyl (C=O) groups excluding carboxylic acids is 1. The van der Waals surface area contributed by atoms with Crippen LogP contribution >= 0.6 is 22.7 Å². The van der Waals surface area contributed by atoms with E-state index in [0.29, 0.717) is 32.7 Å². The van der Waals surface area contributed by atoms with Gasteiger partial charge in [-0.3, -0.25) is 9.36 Å². The third-order valence-electron chi connectivity index (χ3n) is 6.91. The summed E-state index contributed by atoms with van der Waals surface area (Å²) in [6.07, 6.45) is 3.91. The highest BCUT2D eigenvalue weighted by Crippen LogP contribution is 2.33. The average molecular weight is 565 g/mol. The molecule has 4 heterocycles. The van der Waals surface area contributed by atoms with Crippen LogP contribution in [0.1, 0.15) is 41.5 Å². The summed E-state index contributed by atoms with van der Waals surface area (Å²) in [5.41, 5.74) is 4.19. The third-order valence-corrected chi connectivity index (χ3v) is 8.82. The zero-order valence-electron chi connectivity index (χ0n) is 21.8. The van der Waals surface area contributed by atoms with Crippen LogP contribution in [-0.4, -0.2) is 21.7 Å². The number of benzene rings is 2. The number of carbonyl (C=O) groups is 1. The van der Waals surface area contributed by atoms with Gasteiger partial charge in [-0.15, -0.1) is 11.3 Å². The zero-order valence-corrected chi connectivity index (χ0v) is 23.5. The van der Waals surface area contributed by atoms with Crippen LogP contribution in [0.5, 0.6) is 0 Å². The molecule has 0 unspecified atom stereocenters. The van der Waals surface area contributed by atoms with E-state index < -0.39 is 12.0 Å². The number of aromatic nitrogens is 2. The number of thiazole rings is 1. The monoisotopic (exact) mass is 564 g/mol. The molecule has 1 aliphatic rings. The van der Waals surface area contributed by atoms with Crippen LogP contribution in [0, 0.1) is 11.3 Å². The molecular weight excluding hydrogens is 541 g/mol. The predicted octanol–water partition coefficient (Wildman–Crippen LogP) is 4.73. The van der Waals surface area contributed by atoms with Gasteiger partial charge in [-0.25, -0.2) is 9.79 Å². The lowest BCUT2D eigenvalue weighted by atomic mass is 10.0. The Bertz CT molecular complexity index is 2020. The number of thiophene rings is 1. The number of hydrogen-bond donors (Lipinski definition) is 0. The summed E-state index contributed by atoms with van der Waals surface area (Å²) >= 11 is 2.80. The van der Waals surface area contributed by atoms with Gasteiger partial charge in [0, 0.05) is 34.1 Å². The van der Waals surface area contributed by atoms with Crippen LogP contribution in [0.4, 0.5) is 0 Å². The van der Waals surface area contributed by atoms with Crippen molar-refractivity contribution in [2.24, 2.45) is 4.99 Å². The number of nitriles is 1. The van der Waals surface area contributed by atoms with Crippen molar-refractivity contribution in [3.8, 4) is 6.07 Å². The van der Waals surface area contributed by atoms with Crippen LogP contribution in [0.3, 0.4) is 0 Å². The minimum Gasteiger partial charge on any atom is -0.463 e. The second kappa shape index (κ2) is 10.6. The third kappa shape index (κ3) is 4.41. The van der Waals surface area contributed by atoms with E-state index in [0.717, 1.165) is 26.9 Å². The molecule has 0 amide bonds. The maximum absolute atomic E-state index is 13.9. The largest absolute Gasteiger partial charge is 0.463 e. The lowest BCUT2D eigenvalue weighted by Gasteiger charge is -2.23. The fourth-order valence-electron chi connectivity index (χ4n) is 5.12. The van der Waals surface area contributed by atoms with Crippen molar-refractivity contribution in [2.75, 3.05) is 6.61 Å². The van der Waals surface area contributed by atoms with Crippen molar-refractivity contribution in [1.29, 1.82) is 5.26 Å². The van der Waals surface area contributed by atoms with Crippen LogP contribution in [0.15, 0.2) is 93.3 Å². The second-order valence-electron chi connectivity index (χ2n) is 9.32. The molecule has 198 valence electrons. The van der Waals surface area contributed by atoms with E-state index in [4.69, 9.17) is 4.74 Å². The Morgan fingerprint density at radius 1 is 1.15 bits per heavy atom. The summed E-state index contributed by atoms with van der Waals surface area (Å²) in [5, 5.41) is 12.5. The van der Waals surface area contributed by atoms with Gasteiger partial charge in [-0.2, -0.15) is 5.26 Å². The molecule has 9 heteroatoms. The second-order valence-corrected chi connectivity index (χ2v) is 11.3. The molecule has 6 rings (SSSR count). The van der Waals surface area contributed by atoms with Crippen molar-refractivity contribution < 1.29 is 9.53 Å². The summed E-state index contributed by atoms with van der Waals surface area (Å²) in [7, 11) is 0. The Hall–Kier alpha value is -4.52. The number of ether oxygens (including phenoxy) is 1. The Labute approximate surface area is 237 Å². The molecule has 0 spiro atoms. The molecule has 0 bridgehead atoms. The van der Waals surface area contributed by atoms with Gasteiger partial charge in [-0.05, 0) is 49.1 Å². The van der Waals surface area contributed by atoms with Crippen molar-refractivity contribution in [2.45, 2.75) is 26.4 Å². The number of fused-ring (bicyclic) bond motifs is 2. The fourth-order valence-corrected chi connectivity index (χ4v) is 6.98. The van der Waals surface area contributed by atoms with Gasteiger partial charge in [-0.1, -0.05) is 53.8 Å². The van der Waals surface area contributed by atoms with E-state index in [1.165, 1.54) is 22.7 Å². The van der Waals surface area contributed by atoms with Crippen molar-refractivity contribution in [3.05, 3.63) is 125 Å². The van der Waals surface area contributed by atoms with E-state index in [1.54, 1.807) is 18.4 Å². The molecule has 0 saturated heterocycles. The van der Waals surface area contributed by atoms with Gasteiger partial charge in [0.2, 0.25) is 0 Å². The molecule has 5 aromatic rings. The number of hydrogen-bond acceptors (Lipinski definition) is 7. The smallest absolute Gasteiger partial charge is 0.338 e. The number of allylic oxidation sites excluding steroid dienone is 1. The first kappa shape index (κ1) is 25.7. The van der Waals surface area contributed by atoms with Crippen LogP contribution in [-0.2, 0) is 16.1 Å². The van der Waals surface area contributed by atoms with E-state index in [1.807, 2.05) is 78.3 Å². The van der Waals surface area contributed by atoms with E-state index >= 15 is 0 Å². The summed E-state index contributed by atoms with van der Waals surface area (Å²) < 4.78 is 9.60. The number of rotatable bonds is 6. The van der Waals surface area contributed by atoms with Gasteiger partial charge >= 0.3 is 5.97 Å². The molecule has 2 aromatic carbocycles. The molecule has 0 saturated carbocycles. The van der Waals surface area contributed by atoms with Crippen molar-refractivity contribution in [1.82, 2.24) is 9.13 Å². The lowest BCUT2D eigenvalue weighted by Crippen LogP contribution is -2.39. The molecule has 0 fully saturated rings. The summed E-state index contributed by atoms with van der Waals surface area (Å²) in [6, 6.07) is 21.1. The van der Waals surface area contributed by atoms with Crippen LogP contribution < -0.4 is 14.9 Å². The van der Waals surface area contributed by atoms with Crippen LogP contribution in [0.25, 0.3) is 17.0 Å². The van der Waals surface area contributed by atoms with E-state index in [-0.39, 0.29) is 12.2 Å². The summed E-state index contributed by atoms with van der Waals surface area (Å²) in [4.78, 5) is 33.0. The fraction of sp³-hybridized carbons (Fsp3) is 0.161. The number of nitrogens with zero attached hydrogens (tertiary/aromatic N) is 4. The summed E-state index contributed by atoms with van der Waals surface area (Å²) in [5.74, 6) is -0.461. The van der Waals surface area contributed by atoms with Gasteiger partial charge in [0.1, 0.15) is 6.04 Å². The first-order valence-electron chi connectivity index (χ1n) is 12.8. The molecule has 1 atom stereocenters. The van der Waals surface area contributed by atoms with Crippen molar-refractivity contribution >= 4 is 45.6 Å². The zero-order chi connectivity index (χ0) is 27.8. The standard InChI is InChI=1S/C31H24N4O3S2/c1-3-38-30(37)27-19(2)33-31-35(28(27)25-13-8-14-39-25)29(36)26(40-31)15-22-18-34(24-12-7-6-11-23(22)24)17-21-10-5-4-9-20(21)16-32/h4-15,18,28H,3,17H2,1-2H3/b26-15+/t28-/m0/s1. The van der Waals surface area contributed by atoms with E-state index in [2.05, 4.69) is 15.6 Å². The number of para-hydroxylation sites is 1. The number of esters is 1. The normalized spacial score (nSPS) is 15.1. The average Bonchev–Trinajstić information content (AvgIpc) is 3.68. The lowest BCUT2D eigenvalue weighted by molar-refractivity contribution is -0.139. The predicted molar refractivity (Wildman–Crippen MR) is 157 cm³/mol. The van der Waals surface area contributed by atoms with Gasteiger partial charge in [0.05, 0.1) is 34.0 Å². The molecule has 7 nitrogen and oxygen atoms in total. The molecule has 0 aliphatic carbocycles. The molecule has 0 N–H and O–H groups in total. The van der Waals surface area contributed by atoms with Gasteiger partial charge in [0.25, 0.3) is 5.56 Å².